The maximum Gasteiger partial charge on any atom is -0.00153 e. The molecule has 0 bridgehead atoms. The highest BCUT2D eigenvalue weighted by Crippen LogP contribution is 2.29. The minimum Gasteiger partial charge on any atom is -0.319 e. The monoisotopic (exact) mass is 233 g/mol. The van der Waals surface area contributed by atoms with Crippen molar-refractivity contribution in [3.8, 4) is 0 Å². The molecule has 0 aliphatic carbocycles. The summed E-state index contributed by atoms with van der Waals surface area (Å²) < 4.78 is 0. The van der Waals surface area contributed by atoms with Crippen LogP contribution in [0.5, 0.6) is 0 Å². The van der Waals surface area contributed by atoms with E-state index in [9.17, 15) is 0 Å². The van der Waals surface area contributed by atoms with E-state index in [0.29, 0.717) is 11.3 Å². The maximum atomic E-state index is 3.33. The third-order valence-electron chi connectivity index (χ3n) is 3.65. The summed E-state index contributed by atoms with van der Waals surface area (Å²) in [4.78, 5) is 0. The van der Waals surface area contributed by atoms with Gasteiger partial charge in [0.2, 0.25) is 0 Å². The van der Waals surface area contributed by atoms with Crippen molar-refractivity contribution in [2.24, 2.45) is 11.3 Å². The SMILES string of the molecule is CNCC(Cc1cc(C)ccc1C)C(C)(C)C. The third-order valence-corrected chi connectivity index (χ3v) is 3.65. The zero-order valence-corrected chi connectivity index (χ0v) is 12.2. The summed E-state index contributed by atoms with van der Waals surface area (Å²) in [6, 6.07) is 6.77. The predicted octanol–water partition coefficient (Wildman–Crippen LogP) is 3.73. The van der Waals surface area contributed by atoms with E-state index < -0.39 is 0 Å². The van der Waals surface area contributed by atoms with Crippen LogP contribution in [-0.4, -0.2) is 13.6 Å². The Morgan fingerprint density at radius 2 is 1.82 bits per heavy atom. The van der Waals surface area contributed by atoms with E-state index in [-0.39, 0.29) is 0 Å². The maximum absolute atomic E-state index is 3.33. The van der Waals surface area contributed by atoms with Crippen molar-refractivity contribution in [2.45, 2.75) is 41.0 Å². The van der Waals surface area contributed by atoms with Crippen LogP contribution in [0.4, 0.5) is 0 Å². The molecule has 0 aromatic heterocycles. The van der Waals surface area contributed by atoms with Gasteiger partial charge in [0.1, 0.15) is 0 Å². The standard InChI is InChI=1S/C16H27N/c1-12-7-8-13(2)14(9-12)10-15(11-17-6)16(3,4)5/h7-9,15,17H,10-11H2,1-6H3. The first-order valence-corrected chi connectivity index (χ1v) is 6.55. The summed E-state index contributed by atoms with van der Waals surface area (Å²) in [6.07, 6.45) is 1.16. The van der Waals surface area contributed by atoms with Gasteiger partial charge in [0, 0.05) is 0 Å². The molecule has 0 amide bonds. The lowest BCUT2D eigenvalue weighted by molar-refractivity contribution is 0.234. The average molecular weight is 233 g/mol. The minimum atomic E-state index is 0.346. The van der Waals surface area contributed by atoms with Gasteiger partial charge in [-0.05, 0) is 56.3 Å². The molecule has 0 heterocycles. The first-order valence-electron chi connectivity index (χ1n) is 6.55. The predicted molar refractivity (Wildman–Crippen MR) is 76.5 cm³/mol. The molecule has 0 saturated heterocycles. The number of hydrogen-bond acceptors (Lipinski definition) is 1. The van der Waals surface area contributed by atoms with Crippen LogP contribution in [0.1, 0.15) is 37.5 Å². The molecule has 1 N–H and O–H groups in total. The molecule has 1 rings (SSSR count). The van der Waals surface area contributed by atoms with Crippen LogP contribution in [-0.2, 0) is 6.42 Å². The molecule has 0 fully saturated rings. The van der Waals surface area contributed by atoms with Crippen molar-refractivity contribution in [3.63, 3.8) is 0 Å². The van der Waals surface area contributed by atoms with Gasteiger partial charge in [-0.1, -0.05) is 44.5 Å². The van der Waals surface area contributed by atoms with Crippen LogP contribution < -0.4 is 5.32 Å². The van der Waals surface area contributed by atoms with E-state index in [0.717, 1.165) is 13.0 Å². The fraction of sp³-hybridized carbons (Fsp3) is 0.625. The summed E-state index contributed by atoms with van der Waals surface area (Å²) in [5.74, 6) is 0.674. The Morgan fingerprint density at radius 1 is 1.18 bits per heavy atom. The van der Waals surface area contributed by atoms with E-state index in [1.165, 1.54) is 16.7 Å². The number of benzene rings is 1. The molecule has 17 heavy (non-hydrogen) atoms. The van der Waals surface area contributed by atoms with Gasteiger partial charge < -0.3 is 5.32 Å². The van der Waals surface area contributed by atoms with Crippen LogP contribution in [0.3, 0.4) is 0 Å². The summed E-state index contributed by atoms with van der Waals surface area (Å²) in [5.41, 5.74) is 4.63. The largest absolute Gasteiger partial charge is 0.319 e. The first kappa shape index (κ1) is 14.2. The van der Waals surface area contributed by atoms with Gasteiger partial charge in [-0.15, -0.1) is 0 Å². The summed E-state index contributed by atoms with van der Waals surface area (Å²) in [7, 11) is 2.04. The lowest BCUT2D eigenvalue weighted by Gasteiger charge is -2.31. The fourth-order valence-corrected chi connectivity index (χ4v) is 2.22. The van der Waals surface area contributed by atoms with Gasteiger partial charge in [0.25, 0.3) is 0 Å². The summed E-state index contributed by atoms with van der Waals surface area (Å²) >= 11 is 0. The Balaban J connectivity index is 2.89. The van der Waals surface area contributed by atoms with Gasteiger partial charge in [-0.3, -0.25) is 0 Å². The highest BCUT2D eigenvalue weighted by atomic mass is 14.8. The highest BCUT2D eigenvalue weighted by molar-refractivity contribution is 5.31. The molecule has 1 aromatic rings. The molecule has 0 spiro atoms. The lowest BCUT2D eigenvalue weighted by Crippen LogP contribution is -2.32. The van der Waals surface area contributed by atoms with Crippen LogP contribution in [0.15, 0.2) is 18.2 Å². The molecular formula is C16H27N. The summed E-state index contributed by atoms with van der Waals surface area (Å²) in [5, 5.41) is 3.33. The summed E-state index contributed by atoms with van der Waals surface area (Å²) in [6.45, 7) is 12.5. The molecule has 96 valence electrons. The molecule has 0 radical (unpaired) electrons. The van der Waals surface area contributed by atoms with E-state index in [1.807, 2.05) is 7.05 Å². The molecule has 0 saturated carbocycles. The average Bonchev–Trinajstić information content (AvgIpc) is 2.21. The Kier molecular flexibility index (Phi) is 4.76. The van der Waals surface area contributed by atoms with Gasteiger partial charge in [-0.2, -0.15) is 0 Å². The second kappa shape index (κ2) is 5.68. The smallest absolute Gasteiger partial charge is 0.00153 e. The van der Waals surface area contributed by atoms with Crippen molar-refractivity contribution >= 4 is 0 Å². The van der Waals surface area contributed by atoms with Crippen LogP contribution >= 0.6 is 0 Å². The fourth-order valence-electron chi connectivity index (χ4n) is 2.22. The van der Waals surface area contributed by atoms with E-state index >= 15 is 0 Å². The number of aryl methyl sites for hydroxylation is 2. The van der Waals surface area contributed by atoms with Crippen molar-refractivity contribution in [3.05, 3.63) is 34.9 Å². The second-order valence-corrected chi connectivity index (χ2v) is 6.25. The van der Waals surface area contributed by atoms with E-state index in [1.54, 1.807) is 0 Å². The van der Waals surface area contributed by atoms with E-state index in [4.69, 9.17) is 0 Å². The van der Waals surface area contributed by atoms with Crippen LogP contribution in [0.25, 0.3) is 0 Å². The van der Waals surface area contributed by atoms with Crippen molar-refractivity contribution < 1.29 is 0 Å². The zero-order valence-electron chi connectivity index (χ0n) is 12.2. The van der Waals surface area contributed by atoms with Crippen LogP contribution in [0.2, 0.25) is 0 Å². The minimum absolute atomic E-state index is 0.346. The van der Waals surface area contributed by atoms with Gasteiger partial charge in [-0.25, -0.2) is 0 Å². The first-order chi connectivity index (χ1) is 7.84. The lowest BCUT2D eigenvalue weighted by atomic mass is 9.76. The Labute approximate surface area is 107 Å². The molecule has 1 nitrogen and oxygen atoms in total. The van der Waals surface area contributed by atoms with Crippen LogP contribution in [0, 0.1) is 25.2 Å². The van der Waals surface area contributed by atoms with Gasteiger partial charge in [0.15, 0.2) is 0 Å². The molecule has 1 unspecified atom stereocenters. The molecule has 0 aliphatic rings. The zero-order chi connectivity index (χ0) is 13.1. The Bertz CT molecular complexity index is 360. The Hall–Kier alpha value is -0.820. The van der Waals surface area contributed by atoms with Crippen molar-refractivity contribution in [2.75, 3.05) is 13.6 Å². The molecule has 1 atom stereocenters. The third kappa shape index (κ3) is 4.16. The molecular weight excluding hydrogens is 206 g/mol. The Morgan fingerprint density at radius 3 is 2.35 bits per heavy atom. The normalized spacial score (nSPS) is 13.8. The van der Waals surface area contributed by atoms with Crippen molar-refractivity contribution in [1.29, 1.82) is 0 Å². The van der Waals surface area contributed by atoms with Crippen molar-refractivity contribution in [1.82, 2.24) is 5.32 Å². The molecule has 1 aromatic carbocycles. The molecule has 1 heteroatoms. The second-order valence-electron chi connectivity index (χ2n) is 6.25. The quantitative estimate of drug-likeness (QED) is 0.835. The molecule has 0 aliphatic heterocycles. The van der Waals surface area contributed by atoms with Gasteiger partial charge in [0.05, 0.1) is 0 Å². The highest BCUT2D eigenvalue weighted by Gasteiger charge is 2.24. The number of rotatable bonds is 4. The van der Waals surface area contributed by atoms with E-state index in [2.05, 4.69) is 58.1 Å². The topological polar surface area (TPSA) is 12.0 Å². The van der Waals surface area contributed by atoms with Gasteiger partial charge >= 0.3 is 0 Å². The number of nitrogens with one attached hydrogen (secondary N) is 1. The number of hydrogen-bond donors (Lipinski definition) is 1.